The van der Waals surface area contributed by atoms with Gasteiger partial charge in [-0.3, -0.25) is 9.79 Å². The van der Waals surface area contributed by atoms with E-state index in [0.717, 1.165) is 20.2 Å². The number of rotatable bonds is 8. The fraction of sp³-hybridized carbons (Fsp3) is 0.222. The van der Waals surface area contributed by atoms with Crippen LogP contribution in [-0.4, -0.2) is 38.0 Å². The fourth-order valence-electron chi connectivity index (χ4n) is 2.86. The van der Waals surface area contributed by atoms with Gasteiger partial charge in [0, 0.05) is 37.5 Å². The van der Waals surface area contributed by atoms with Crippen LogP contribution in [0.2, 0.25) is 0 Å². The standard InChI is InChI=1S/C18H20N4O4S2.N2/c19-18(20)21-9-3-5-14(17(23)24)22-28(25,26)11-7-8-16-13(10-11)12-4-1-2-6-15(12)27-16;1-2/h1-2,4,6-8,10,14,22H,3,5,9H2,(H,23,24)(H4,19,20,21);/t14-;/m0./s1. The molecule has 1 heterocycles. The minimum Gasteiger partial charge on any atom is -0.480 e. The number of carboxylic acid groups (broad SMARTS) is 1. The van der Waals surface area contributed by atoms with Crippen LogP contribution >= 0.6 is 11.3 Å². The molecule has 0 saturated heterocycles. The Labute approximate surface area is 176 Å². The normalized spacial score (nSPS) is 12.1. The van der Waals surface area contributed by atoms with Crippen molar-refractivity contribution in [1.29, 1.82) is 10.8 Å². The lowest BCUT2D eigenvalue weighted by Crippen LogP contribution is -2.40. The predicted molar refractivity (Wildman–Crippen MR) is 114 cm³/mol. The topological polar surface area (TPSA) is 195 Å². The van der Waals surface area contributed by atoms with Gasteiger partial charge in [-0.1, -0.05) is 18.2 Å². The van der Waals surface area contributed by atoms with E-state index in [-0.39, 0.29) is 23.8 Å². The van der Waals surface area contributed by atoms with Crippen LogP contribution < -0.4 is 16.2 Å². The Hall–Kier alpha value is -3.27. The molecular formula is C18H20N6O4S2. The monoisotopic (exact) mass is 448 g/mol. The molecule has 10 nitrogen and oxygen atoms in total. The van der Waals surface area contributed by atoms with Gasteiger partial charge >= 0.3 is 5.97 Å². The van der Waals surface area contributed by atoms with E-state index < -0.39 is 22.0 Å². The maximum atomic E-state index is 12.8. The van der Waals surface area contributed by atoms with Gasteiger partial charge in [-0.05, 0) is 37.1 Å². The number of carbonyl (C=O) groups is 1. The van der Waals surface area contributed by atoms with Gasteiger partial charge in [-0.2, -0.15) is 4.72 Å². The highest BCUT2D eigenvalue weighted by molar-refractivity contribution is 7.89. The second-order valence-corrected chi connectivity index (χ2v) is 9.01. The van der Waals surface area contributed by atoms with Crippen molar-refractivity contribution in [2.24, 2.45) is 16.5 Å². The Morgan fingerprint density at radius 1 is 1.13 bits per heavy atom. The largest absolute Gasteiger partial charge is 0.480 e. The van der Waals surface area contributed by atoms with Gasteiger partial charge in [-0.25, -0.2) is 8.42 Å². The number of benzene rings is 2. The molecule has 0 bridgehead atoms. The van der Waals surface area contributed by atoms with Gasteiger partial charge in [0.1, 0.15) is 6.04 Å². The Kier molecular flexibility index (Phi) is 7.65. The number of aliphatic imine (C=N–C) groups is 1. The Morgan fingerprint density at radius 2 is 1.80 bits per heavy atom. The molecule has 0 radical (unpaired) electrons. The van der Waals surface area contributed by atoms with Crippen LogP contribution in [0.15, 0.2) is 52.4 Å². The molecule has 0 saturated carbocycles. The van der Waals surface area contributed by atoms with Crippen molar-refractivity contribution in [3.8, 4) is 0 Å². The molecule has 1 aromatic heterocycles. The van der Waals surface area contributed by atoms with E-state index in [4.69, 9.17) is 22.3 Å². The highest BCUT2D eigenvalue weighted by atomic mass is 32.2. The Morgan fingerprint density at radius 3 is 2.47 bits per heavy atom. The molecule has 12 heteroatoms. The highest BCUT2D eigenvalue weighted by Crippen LogP contribution is 2.34. The van der Waals surface area contributed by atoms with Crippen molar-refractivity contribution >= 4 is 53.5 Å². The van der Waals surface area contributed by atoms with E-state index in [1.54, 1.807) is 23.5 Å². The number of nitrogens with one attached hydrogen (secondary N) is 1. The summed E-state index contributed by atoms with van der Waals surface area (Å²) in [4.78, 5) is 15.3. The number of sulfonamides is 1. The van der Waals surface area contributed by atoms with Gasteiger partial charge in [0.05, 0.1) is 4.90 Å². The smallest absolute Gasteiger partial charge is 0.321 e. The average Bonchev–Trinajstić information content (AvgIpc) is 3.09. The first-order chi connectivity index (χ1) is 14.3. The number of hydrogen-bond donors (Lipinski definition) is 4. The Bertz CT molecular complexity index is 1200. The molecule has 2 aromatic carbocycles. The first-order valence-electron chi connectivity index (χ1n) is 8.70. The molecule has 3 aromatic rings. The summed E-state index contributed by atoms with van der Waals surface area (Å²) in [6, 6.07) is 11.3. The second kappa shape index (κ2) is 9.97. The molecule has 30 heavy (non-hydrogen) atoms. The maximum Gasteiger partial charge on any atom is 0.321 e. The van der Waals surface area contributed by atoms with E-state index >= 15 is 0 Å². The van der Waals surface area contributed by atoms with Gasteiger partial charge in [-0.15, -0.1) is 11.3 Å². The molecule has 0 fully saturated rings. The van der Waals surface area contributed by atoms with Gasteiger partial charge in [0.25, 0.3) is 0 Å². The number of carboxylic acids is 1. The molecule has 6 N–H and O–H groups in total. The molecule has 158 valence electrons. The third kappa shape index (κ3) is 5.41. The summed E-state index contributed by atoms with van der Waals surface area (Å²) in [7, 11) is -4.01. The quantitative estimate of drug-likeness (QED) is 0.173. The molecule has 0 aliphatic rings. The van der Waals surface area contributed by atoms with E-state index in [1.165, 1.54) is 6.07 Å². The van der Waals surface area contributed by atoms with Crippen molar-refractivity contribution in [3.63, 3.8) is 0 Å². The summed E-state index contributed by atoms with van der Waals surface area (Å²) in [6.45, 7) is 0.223. The van der Waals surface area contributed by atoms with Crippen LogP contribution in [0.5, 0.6) is 0 Å². The number of fused-ring (bicyclic) bond motifs is 3. The number of hydrogen-bond acceptors (Lipinski definition) is 7. The molecule has 0 spiro atoms. The lowest BCUT2D eigenvalue weighted by molar-refractivity contribution is -0.139. The van der Waals surface area contributed by atoms with Crippen LogP contribution in [0.3, 0.4) is 0 Å². The van der Waals surface area contributed by atoms with Crippen LogP contribution in [0.1, 0.15) is 12.8 Å². The number of aliphatic carboxylic acids is 1. The second-order valence-electron chi connectivity index (χ2n) is 6.22. The molecule has 0 aliphatic heterocycles. The van der Waals surface area contributed by atoms with Gasteiger partial charge < -0.3 is 16.6 Å². The summed E-state index contributed by atoms with van der Waals surface area (Å²) < 4.78 is 29.8. The van der Waals surface area contributed by atoms with Crippen LogP contribution in [-0.2, 0) is 14.8 Å². The first kappa shape index (κ1) is 23.0. The molecular weight excluding hydrogens is 428 g/mol. The molecule has 0 unspecified atom stereocenters. The van der Waals surface area contributed by atoms with Crippen LogP contribution in [0.25, 0.3) is 20.2 Å². The molecule has 0 aliphatic carbocycles. The van der Waals surface area contributed by atoms with Crippen molar-refractivity contribution in [1.82, 2.24) is 4.72 Å². The zero-order valence-electron chi connectivity index (χ0n) is 15.7. The van der Waals surface area contributed by atoms with Crippen molar-refractivity contribution in [2.75, 3.05) is 6.54 Å². The highest BCUT2D eigenvalue weighted by Gasteiger charge is 2.25. The zero-order chi connectivity index (χ0) is 22.3. The minimum absolute atomic E-state index is 0.0269. The minimum atomic E-state index is -4.01. The SMILES string of the molecule is N#N.NC(N)=NCCC[C@H](NS(=O)(=O)c1ccc2sc3ccccc3c2c1)C(=O)O. The van der Waals surface area contributed by atoms with Crippen molar-refractivity contribution in [3.05, 3.63) is 42.5 Å². The Balaban J connectivity index is 0.00000155. The number of nitrogens with zero attached hydrogens (tertiary/aromatic N) is 3. The first-order valence-corrected chi connectivity index (χ1v) is 11.0. The predicted octanol–water partition coefficient (Wildman–Crippen LogP) is 1.87. The third-order valence-corrected chi connectivity index (χ3v) is 6.82. The summed E-state index contributed by atoms with van der Waals surface area (Å²) >= 11 is 1.57. The van der Waals surface area contributed by atoms with Gasteiger partial charge in [0.2, 0.25) is 10.0 Å². The molecule has 1 atom stereocenters. The maximum absolute atomic E-state index is 12.8. The molecule has 0 amide bonds. The number of guanidine groups is 1. The van der Waals surface area contributed by atoms with Crippen molar-refractivity contribution in [2.45, 2.75) is 23.8 Å². The van der Waals surface area contributed by atoms with Crippen molar-refractivity contribution < 1.29 is 18.3 Å². The van der Waals surface area contributed by atoms with Crippen LogP contribution in [0.4, 0.5) is 0 Å². The fourth-order valence-corrected chi connectivity index (χ4v) is 5.20. The van der Waals surface area contributed by atoms with Gasteiger partial charge in [0.15, 0.2) is 5.96 Å². The third-order valence-electron chi connectivity index (χ3n) is 4.20. The lowest BCUT2D eigenvalue weighted by Gasteiger charge is -2.14. The summed E-state index contributed by atoms with van der Waals surface area (Å²) in [5.41, 5.74) is 10.4. The van der Waals surface area contributed by atoms with E-state index in [9.17, 15) is 18.3 Å². The van der Waals surface area contributed by atoms with E-state index in [1.807, 2.05) is 24.3 Å². The van der Waals surface area contributed by atoms with E-state index in [2.05, 4.69) is 9.71 Å². The van der Waals surface area contributed by atoms with Crippen LogP contribution in [0, 0.1) is 10.8 Å². The average molecular weight is 449 g/mol. The molecule has 3 rings (SSSR count). The summed E-state index contributed by atoms with van der Waals surface area (Å²) in [5, 5.41) is 23.1. The number of thiophene rings is 1. The lowest BCUT2D eigenvalue weighted by atomic mass is 10.1. The summed E-state index contributed by atoms with van der Waals surface area (Å²) in [5.74, 6) is -1.35. The zero-order valence-corrected chi connectivity index (χ0v) is 17.4. The summed E-state index contributed by atoms with van der Waals surface area (Å²) in [6.07, 6.45) is 0.389. The number of nitrogens with two attached hydrogens (primary N) is 2. The van der Waals surface area contributed by atoms with E-state index in [0.29, 0.717) is 6.42 Å².